The van der Waals surface area contributed by atoms with E-state index in [1.165, 1.54) is 6.33 Å². The van der Waals surface area contributed by atoms with E-state index in [2.05, 4.69) is 20.6 Å². The number of hydrogen-bond donors (Lipinski definition) is 2. The highest BCUT2D eigenvalue weighted by Gasteiger charge is 2.21. The molecule has 0 spiro atoms. The molecule has 1 aliphatic rings. The molecule has 92 valence electrons. The molecule has 6 nitrogen and oxygen atoms in total. The quantitative estimate of drug-likeness (QED) is 0.799. The van der Waals surface area contributed by atoms with Gasteiger partial charge in [0.2, 0.25) is 11.8 Å². The maximum atomic E-state index is 11.0. The van der Waals surface area contributed by atoms with Crippen LogP contribution in [0.3, 0.4) is 0 Å². The Balaban J connectivity index is 1.98. The Morgan fingerprint density at radius 3 is 3.00 bits per heavy atom. The highest BCUT2D eigenvalue weighted by atomic mass is 16.5. The van der Waals surface area contributed by atoms with E-state index in [0.717, 1.165) is 0 Å². The van der Waals surface area contributed by atoms with Crippen LogP contribution in [-0.4, -0.2) is 34.6 Å². The molecule has 6 heteroatoms. The number of carbonyl (C=O) groups is 1. The third-order valence-corrected chi connectivity index (χ3v) is 2.33. The summed E-state index contributed by atoms with van der Waals surface area (Å²) in [6.45, 7) is 4.51. The van der Waals surface area contributed by atoms with E-state index in [4.69, 9.17) is 4.74 Å². The van der Waals surface area contributed by atoms with Crippen molar-refractivity contribution in [3.05, 3.63) is 12.4 Å². The molecule has 1 aromatic rings. The van der Waals surface area contributed by atoms with E-state index in [0.29, 0.717) is 24.7 Å². The van der Waals surface area contributed by atoms with Gasteiger partial charge < -0.3 is 15.4 Å². The van der Waals surface area contributed by atoms with Gasteiger partial charge in [-0.3, -0.25) is 4.79 Å². The van der Waals surface area contributed by atoms with Gasteiger partial charge in [-0.1, -0.05) is 0 Å². The van der Waals surface area contributed by atoms with E-state index >= 15 is 0 Å². The van der Waals surface area contributed by atoms with Gasteiger partial charge in [0, 0.05) is 19.0 Å². The molecule has 17 heavy (non-hydrogen) atoms. The second-order valence-electron chi connectivity index (χ2n) is 4.26. The van der Waals surface area contributed by atoms with E-state index in [1.54, 1.807) is 6.07 Å². The molecule has 1 saturated heterocycles. The molecule has 1 fully saturated rings. The SMILES string of the molecule is CC(C)Oc1cc(NC2CNC(=O)C2)ncn1. The highest BCUT2D eigenvalue weighted by molar-refractivity contribution is 5.79. The summed E-state index contributed by atoms with van der Waals surface area (Å²) in [5.41, 5.74) is 0. The number of carbonyl (C=O) groups excluding carboxylic acids is 1. The van der Waals surface area contributed by atoms with E-state index in [1.807, 2.05) is 13.8 Å². The largest absolute Gasteiger partial charge is 0.475 e. The number of aromatic nitrogens is 2. The monoisotopic (exact) mass is 236 g/mol. The van der Waals surface area contributed by atoms with Gasteiger partial charge >= 0.3 is 0 Å². The predicted octanol–water partition coefficient (Wildman–Crippen LogP) is 0.564. The third-order valence-electron chi connectivity index (χ3n) is 2.33. The van der Waals surface area contributed by atoms with Crippen molar-refractivity contribution >= 4 is 11.7 Å². The number of nitrogens with one attached hydrogen (secondary N) is 2. The molecular formula is C11H16N4O2. The van der Waals surface area contributed by atoms with Crippen LogP contribution in [0.5, 0.6) is 5.88 Å². The molecule has 0 saturated carbocycles. The standard InChI is InChI=1S/C11H16N4O2/c1-7(2)17-11-4-9(13-6-14-11)15-8-3-10(16)12-5-8/h4,6-8H,3,5H2,1-2H3,(H,12,16)(H,13,14,15). The van der Waals surface area contributed by atoms with Crippen LogP contribution in [-0.2, 0) is 4.79 Å². The summed E-state index contributed by atoms with van der Waals surface area (Å²) >= 11 is 0. The lowest BCUT2D eigenvalue weighted by Gasteiger charge is -2.12. The molecule has 0 aliphatic carbocycles. The van der Waals surface area contributed by atoms with Crippen LogP contribution < -0.4 is 15.4 Å². The summed E-state index contributed by atoms with van der Waals surface area (Å²) in [6, 6.07) is 1.83. The van der Waals surface area contributed by atoms with Crippen molar-refractivity contribution in [2.24, 2.45) is 0 Å². The van der Waals surface area contributed by atoms with Crippen LogP contribution in [0.2, 0.25) is 0 Å². The van der Waals surface area contributed by atoms with Crippen LogP contribution in [0.4, 0.5) is 5.82 Å². The van der Waals surface area contributed by atoms with Gasteiger partial charge in [-0.25, -0.2) is 9.97 Å². The Bertz CT molecular complexity index is 408. The molecular weight excluding hydrogens is 220 g/mol. The number of hydrogen-bond acceptors (Lipinski definition) is 5. The van der Waals surface area contributed by atoms with Gasteiger partial charge in [-0.2, -0.15) is 0 Å². The zero-order valence-electron chi connectivity index (χ0n) is 9.93. The van der Waals surface area contributed by atoms with Crippen LogP contribution >= 0.6 is 0 Å². The fourth-order valence-corrected chi connectivity index (χ4v) is 1.64. The van der Waals surface area contributed by atoms with E-state index in [9.17, 15) is 4.79 Å². The first-order valence-electron chi connectivity index (χ1n) is 5.65. The molecule has 1 aromatic heterocycles. The van der Waals surface area contributed by atoms with E-state index < -0.39 is 0 Å². The minimum Gasteiger partial charge on any atom is -0.475 e. The van der Waals surface area contributed by atoms with Gasteiger partial charge in [0.05, 0.1) is 12.1 Å². The molecule has 0 aromatic carbocycles. The first kappa shape index (κ1) is 11.6. The number of ether oxygens (including phenoxy) is 1. The minimum absolute atomic E-state index is 0.0650. The molecule has 2 N–H and O–H groups in total. The van der Waals surface area contributed by atoms with Crippen molar-refractivity contribution in [2.75, 3.05) is 11.9 Å². The van der Waals surface area contributed by atoms with Crippen LogP contribution in [0, 0.1) is 0 Å². The van der Waals surface area contributed by atoms with Crippen LogP contribution in [0.25, 0.3) is 0 Å². The Kier molecular flexibility index (Phi) is 3.41. The molecule has 0 bridgehead atoms. The molecule has 1 unspecified atom stereocenters. The fourth-order valence-electron chi connectivity index (χ4n) is 1.64. The summed E-state index contributed by atoms with van der Waals surface area (Å²) in [4.78, 5) is 19.2. The van der Waals surface area contributed by atoms with Gasteiger partial charge in [-0.15, -0.1) is 0 Å². The van der Waals surface area contributed by atoms with Crippen molar-refractivity contribution in [1.29, 1.82) is 0 Å². The lowest BCUT2D eigenvalue weighted by molar-refractivity contribution is -0.119. The minimum atomic E-state index is 0.0650. The molecule has 0 radical (unpaired) electrons. The maximum absolute atomic E-state index is 11.0. The highest BCUT2D eigenvalue weighted by Crippen LogP contribution is 2.15. The van der Waals surface area contributed by atoms with Crippen molar-refractivity contribution in [2.45, 2.75) is 32.4 Å². The van der Waals surface area contributed by atoms with Crippen molar-refractivity contribution < 1.29 is 9.53 Å². The van der Waals surface area contributed by atoms with E-state index in [-0.39, 0.29) is 18.1 Å². The maximum Gasteiger partial charge on any atom is 0.222 e. The van der Waals surface area contributed by atoms with Crippen molar-refractivity contribution in [1.82, 2.24) is 15.3 Å². The lowest BCUT2D eigenvalue weighted by atomic mass is 10.2. The normalized spacial score (nSPS) is 19.2. The van der Waals surface area contributed by atoms with Gasteiger partial charge in [-0.05, 0) is 13.8 Å². The van der Waals surface area contributed by atoms with Gasteiger partial charge in [0.15, 0.2) is 0 Å². The second kappa shape index (κ2) is 4.99. The van der Waals surface area contributed by atoms with Crippen LogP contribution in [0.15, 0.2) is 12.4 Å². The average Bonchev–Trinajstić information content (AvgIpc) is 2.63. The smallest absolute Gasteiger partial charge is 0.222 e. The molecule has 2 heterocycles. The third kappa shape index (κ3) is 3.30. The van der Waals surface area contributed by atoms with Gasteiger partial charge in [0.25, 0.3) is 0 Å². The first-order chi connectivity index (χ1) is 8.13. The molecule has 1 atom stereocenters. The van der Waals surface area contributed by atoms with Crippen molar-refractivity contribution in [3.8, 4) is 5.88 Å². The summed E-state index contributed by atoms with van der Waals surface area (Å²) in [5.74, 6) is 1.28. The Morgan fingerprint density at radius 1 is 1.53 bits per heavy atom. The summed E-state index contributed by atoms with van der Waals surface area (Å²) in [7, 11) is 0. The zero-order chi connectivity index (χ0) is 12.3. The summed E-state index contributed by atoms with van der Waals surface area (Å²) < 4.78 is 5.47. The number of rotatable bonds is 4. The predicted molar refractivity (Wildman–Crippen MR) is 62.8 cm³/mol. The Labute approximate surface area is 99.8 Å². The number of amides is 1. The average molecular weight is 236 g/mol. The Hall–Kier alpha value is -1.85. The summed E-state index contributed by atoms with van der Waals surface area (Å²) in [5, 5.41) is 5.93. The first-order valence-corrected chi connectivity index (χ1v) is 5.65. The second-order valence-corrected chi connectivity index (χ2v) is 4.26. The zero-order valence-corrected chi connectivity index (χ0v) is 9.93. The topological polar surface area (TPSA) is 76.1 Å². The fraction of sp³-hybridized carbons (Fsp3) is 0.545. The number of anilines is 1. The Morgan fingerprint density at radius 2 is 2.35 bits per heavy atom. The summed E-state index contributed by atoms with van der Waals surface area (Å²) in [6.07, 6.45) is 2.00. The van der Waals surface area contributed by atoms with Crippen molar-refractivity contribution in [3.63, 3.8) is 0 Å². The lowest BCUT2D eigenvalue weighted by Crippen LogP contribution is -2.23. The van der Waals surface area contributed by atoms with Crippen LogP contribution in [0.1, 0.15) is 20.3 Å². The molecule has 2 rings (SSSR count). The van der Waals surface area contributed by atoms with Gasteiger partial charge in [0.1, 0.15) is 12.1 Å². The molecule has 1 aliphatic heterocycles. The molecule has 1 amide bonds. The number of nitrogens with zero attached hydrogens (tertiary/aromatic N) is 2.